The summed E-state index contributed by atoms with van der Waals surface area (Å²) in [5, 5.41) is 13.5. The molecule has 9 nitrogen and oxygen atoms in total. The zero-order valence-corrected chi connectivity index (χ0v) is 16.2. The normalized spacial score (nSPS) is 23.5. The van der Waals surface area contributed by atoms with Gasteiger partial charge in [-0.2, -0.15) is 0 Å². The first-order chi connectivity index (χ1) is 12.1. The number of carbonyl (C=O) groups excluding carboxylic acids is 1. The van der Waals surface area contributed by atoms with E-state index in [0.717, 1.165) is 6.42 Å². The Morgan fingerprint density at radius 2 is 2.12 bits per heavy atom. The minimum atomic E-state index is -4.13. The van der Waals surface area contributed by atoms with E-state index in [0.29, 0.717) is 0 Å². The third-order valence-electron chi connectivity index (χ3n) is 4.14. The Kier molecular flexibility index (Phi) is 6.18. The Morgan fingerprint density at radius 1 is 1.50 bits per heavy atom. The number of hydrogen-bond acceptors (Lipinski definition) is 7. The number of hydrogen-bond donors (Lipinski definition) is 2. The fourth-order valence-corrected chi connectivity index (χ4v) is 4.25. The molecule has 1 unspecified atom stereocenters. The van der Waals surface area contributed by atoms with Crippen LogP contribution in [-0.2, 0) is 13.8 Å². The monoisotopic (exact) mass is 388 g/mol. The van der Waals surface area contributed by atoms with E-state index in [1.165, 1.54) is 24.3 Å². The van der Waals surface area contributed by atoms with Gasteiger partial charge in [-0.05, 0) is 0 Å². The molecular weight excluding hydrogens is 363 g/mol. The molecule has 146 valence electrons. The number of carbonyl (C=O) groups is 1. The molecular formula is C16H25N2O7P. The number of nitrogens with one attached hydrogen (secondary N) is 1. The minimum absolute atomic E-state index is 0.0323. The van der Waals surface area contributed by atoms with Gasteiger partial charge >= 0.3 is 152 Å². The van der Waals surface area contributed by atoms with E-state index in [1.54, 1.807) is 13.8 Å². The Bertz CT molecular complexity index is 667. The molecule has 26 heavy (non-hydrogen) atoms. The molecule has 10 heteroatoms. The number of non-ortho nitro benzene ring substituents is 1. The molecule has 2 atom stereocenters. The van der Waals surface area contributed by atoms with Gasteiger partial charge in [0, 0.05) is 0 Å². The third-order valence-corrected chi connectivity index (χ3v) is 5.67. The van der Waals surface area contributed by atoms with Crippen molar-refractivity contribution in [2.75, 3.05) is 6.61 Å². The summed E-state index contributed by atoms with van der Waals surface area (Å²) in [5.41, 5.74) is -0.765. The molecule has 0 saturated carbocycles. The Balaban J connectivity index is 2.13. The summed E-state index contributed by atoms with van der Waals surface area (Å²) in [4.78, 5) is 33.3. The average Bonchev–Trinajstić information content (AvgIpc) is 2.57. The maximum atomic E-state index is 12.5. The molecule has 0 aliphatic carbocycles. The first kappa shape index (κ1) is 20.5. The van der Waals surface area contributed by atoms with Crippen molar-refractivity contribution in [1.82, 2.24) is 5.32 Å². The van der Waals surface area contributed by atoms with E-state index in [4.69, 9.17) is 13.6 Å². The van der Waals surface area contributed by atoms with E-state index in [1.807, 2.05) is 13.8 Å². The maximum absolute atomic E-state index is 12.5. The quantitative estimate of drug-likeness (QED) is 0.437. The van der Waals surface area contributed by atoms with Crippen molar-refractivity contribution in [3.63, 3.8) is 0 Å². The van der Waals surface area contributed by atoms with Gasteiger partial charge in [0.05, 0.1) is 0 Å². The Labute approximate surface area is 152 Å². The average molecular weight is 388 g/mol. The summed E-state index contributed by atoms with van der Waals surface area (Å²) in [6.45, 7) is 7.49. The Morgan fingerprint density at radius 3 is 2.65 bits per heavy atom. The van der Waals surface area contributed by atoms with Gasteiger partial charge < -0.3 is 0 Å². The van der Waals surface area contributed by atoms with Crippen molar-refractivity contribution in [2.24, 2.45) is 5.41 Å². The molecule has 1 aliphatic heterocycles. The molecule has 0 spiro atoms. The van der Waals surface area contributed by atoms with Crippen LogP contribution < -0.4 is 9.84 Å². The predicted octanol–water partition coefficient (Wildman–Crippen LogP) is 2.73. The summed E-state index contributed by atoms with van der Waals surface area (Å²) in [6, 6.07) is 5.13. The molecule has 1 saturated heterocycles. The zero-order valence-electron chi connectivity index (χ0n) is 15.2. The van der Waals surface area contributed by atoms with E-state index >= 15 is 0 Å². The number of amides is 1. The van der Waals surface area contributed by atoms with Gasteiger partial charge in [0.2, 0.25) is 0 Å². The summed E-state index contributed by atoms with van der Waals surface area (Å²) < 4.78 is 16.4. The van der Waals surface area contributed by atoms with Gasteiger partial charge in [0.25, 0.3) is 0 Å². The zero-order chi connectivity index (χ0) is 19.5. The molecule has 1 aromatic rings. The SMILES string of the molecule is CCC(C)NC(=O)[C@@H]1O[PH](O)(Oc2ccc([N+](=O)[O-])cc2)OCC1(C)C. The van der Waals surface area contributed by atoms with Crippen LogP contribution in [0.25, 0.3) is 0 Å². The molecule has 0 bridgehead atoms. The Hall–Kier alpha value is -1.80. The van der Waals surface area contributed by atoms with Crippen molar-refractivity contribution in [3.05, 3.63) is 34.4 Å². The van der Waals surface area contributed by atoms with Crippen LogP contribution in [0.15, 0.2) is 24.3 Å². The van der Waals surface area contributed by atoms with Crippen LogP contribution in [0.5, 0.6) is 5.75 Å². The van der Waals surface area contributed by atoms with Crippen molar-refractivity contribution >= 4 is 19.8 Å². The molecule has 1 fully saturated rings. The summed E-state index contributed by atoms with van der Waals surface area (Å²) in [6.07, 6.45) is -0.184. The molecule has 2 N–H and O–H groups in total. The van der Waals surface area contributed by atoms with Crippen LogP contribution in [0.4, 0.5) is 5.69 Å². The first-order valence-electron chi connectivity index (χ1n) is 8.34. The number of nitro groups is 1. The van der Waals surface area contributed by atoms with Gasteiger partial charge in [-0.15, -0.1) is 0 Å². The summed E-state index contributed by atoms with van der Waals surface area (Å²) >= 11 is 0. The van der Waals surface area contributed by atoms with E-state index < -0.39 is 24.6 Å². The van der Waals surface area contributed by atoms with E-state index in [2.05, 4.69) is 5.32 Å². The van der Waals surface area contributed by atoms with E-state index in [-0.39, 0.29) is 30.0 Å². The van der Waals surface area contributed by atoms with Gasteiger partial charge in [-0.25, -0.2) is 0 Å². The topological polar surface area (TPSA) is 120 Å². The number of nitrogens with zero attached hydrogens (tertiary/aromatic N) is 1. The first-order valence-corrected chi connectivity index (χ1v) is 10.0. The standard InChI is InChI=1S/C16H25N2O7P/c1-5-11(2)17-15(19)14-16(3,4)10-23-26(22,25-14)24-13-8-6-12(7-9-13)18(20)21/h6-9,11,14,22,26H,5,10H2,1-4H3,(H,17,19)/t11?,14-/m0/s1. The van der Waals surface area contributed by atoms with Crippen LogP contribution >= 0.6 is 8.17 Å². The molecule has 0 aromatic heterocycles. The fourth-order valence-electron chi connectivity index (χ4n) is 2.36. The number of benzene rings is 1. The second-order valence-corrected chi connectivity index (χ2v) is 8.75. The van der Waals surface area contributed by atoms with Crippen molar-refractivity contribution in [1.29, 1.82) is 0 Å². The van der Waals surface area contributed by atoms with Crippen LogP contribution in [-0.4, -0.2) is 34.5 Å². The van der Waals surface area contributed by atoms with Crippen LogP contribution in [0, 0.1) is 15.5 Å². The van der Waals surface area contributed by atoms with Crippen molar-refractivity contribution in [2.45, 2.75) is 46.3 Å². The molecule has 1 heterocycles. The van der Waals surface area contributed by atoms with Crippen molar-refractivity contribution in [3.8, 4) is 5.75 Å². The number of rotatable bonds is 6. The second kappa shape index (κ2) is 7.84. The van der Waals surface area contributed by atoms with Crippen molar-refractivity contribution < 1.29 is 28.2 Å². The number of nitro benzene ring substituents is 1. The van der Waals surface area contributed by atoms with Gasteiger partial charge in [0.1, 0.15) is 0 Å². The molecule has 1 aliphatic rings. The van der Waals surface area contributed by atoms with Crippen LogP contribution in [0.1, 0.15) is 34.1 Å². The summed E-state index contributed by atoms with van der Waals surface area (Å²) in [7, 11) is -4.13. The van der Waals surface area contributed by atoms with Crippen LogP contribution in [0.2, 0.25) is 0 Å². The fraction of sp³-hybridized carbons (Fsp3) is 0.562. The van der Waals surface area contributed by atoms with Gasteiger partial charge in [-0.3, -0.25) is 0 Å². The van der Waals surface area contributed by atoms with E-state index in [9.17, 15) is 19.8 Å². The molecule has 1 amide bonds. The van der Waals surface area contributed by atoms with Gasteiger partial charge in [-0.1, -0.05) is 0 Å². The summed E-state index contributed by atoms with van der Waals surface area (Å²) in [5.74, 6) is -0.184. The molecule has 2 rings (SSSR count). The molecule has 1 aromatic carbocycles. The predicted molar refractivity (Wildman–Crippen MR) is 96.8 cm³/mol. The second-order valence-electron chi connectivity index (χ2n) is 6.97. The van der Waals surface area contributed by atoms with Crippen LogP contribution in [0.3, 0.4) is 0 Å². The van der Waals surface area contributed by atoms with Gasteiger partial charge in [0.15, 0.2) is 0 Å². The third kappa shape index (κ3) is 4.88. The molecule has 0 radical (unpaired) electrons.